The molecular formula is C8H7NO2. The van der Waals surface area contributed by atoms with Gasteiger partial charge < -0.3 is 9.94 Å². The van der Waals surface area contributed by atoms with Crippen LogP contribution in [0.25, 0.3) is 6.08 Å². The molecule has 0 bridgehead atoms. The summed E-state index contributed by atoms with van der Waals surface area (Å²) in [5, 5.41) is 8.93. The van der Waals surface area contributed by atoms with Gasteiger partial charge in [0, 0.05) is 11.6 Å². The molecule has 11 heavy (non-hydrogen) atoms. The zero-order valence-corrected chi connectivity index (χ0v) is 5.74. The van der Waals surface area contributed by atoms with Crippen LogP contribution in [-0.4, -0.2) is 5.11 Å². The first kappa shape index (κ1) is 6.09. The van der Waals surface area contributed by atoms with Crippen LogP contribution in [-0.2, 0) is 4.84 Å². The van der Waals surface area contributed by atoms with Gasteiger partial charge in [0.25, 0.3) is 0 Å². The third-order valence-electron chi connectivity index (χ3n) is 1.51. The molecule has 1 aliphatic heterocycles. The van der Waals surface area contributed by atoms with Gasteiger partial charge in [-0.3, -0.25) is 0 Å². The number of benzene rings is 1. The van der Waals surface area contributed by atoms with Crippen molar-refractivity contribution in [2.24, 2.45) is 0 Å². The number of anilines is 1. The lowest BCUT2D eigenvalue weighted by atomic mass is 10.2. The topological polar surface area (TPSA) is 41.5 Å². The summed E-state index contributed by atoms with van der Waals surface area (Å²) in [6.07, 6.45) is 1.56. The number of aliphatic hydroxyl groups excluding tert-OH is 1. The molecule has 1 aromatic rings. The first-order valence-electron chi connectivity index (χ1n) is 3.29. The van der Waals surface area contributed by atoms with E-state index >= 15 is 0 Å². The summed E-state index contributed by atoms with van der Waals surface area (Å²) < 4.78 is 0. The lowest BCUT2D eigenvalue weighted by molar-refractivity contribution is 0.136. The predicted molar refractivity (Wildman–Crippen MR) is 41.8 cm³/mol. The molecule has 1 aliphatic rings. The van der Waals surface area contributed by atoms with Crippen LogP contribution in [0.1, 0.15) is 5.56 Å². The molecule has 0 atom stereocenters. The molecule has 3 nitrogen and oxygen atoms in total. The molecule has 0 radical (unpaired) electrons. The highest BCUT2D eigenvalue weighted by Crippen LogP contribution is 2.22. The van der Waals surface area contributed by atoms with Crippen molar-refractivity contribution in [1.82, 2.24) is 0 Å². The van der Waals surface area contributed by atoms with Crippen LogP contribution in [0.3, 0.4) is 0 Å². The molecular weight excluding hydrogens is 142 g/mol. The Kier molecular flexibility index (Phi) is 1.22. The van der Waals surface area contributed by atoms with Crippen molar-refractivity contribution in [3.05, 3.63) is 35.8 Å². The monoisotopic (exact) mass is 149 g/mol. The second kappa shape index (κ2) is 2.20. The Morgan fingerprint density at radius 3 is 3.00 bits per heavy atom. The van der Waals surface area contributed by atoms with Crippen LogP contribution in [0.4, 0.5) is 5.69 Å². The minimum absolute atomic E-state index is 0.108. The summed E-state index contributed by atoms with van der Waals surface area (Å²) in [7, 11) is 0. The third kappa shape index (κ3) is 1.00. The average molecular weight is 149 g/mol. The summed E-state index contributed by atoms with van der Waals surface area (Å²) in [6.45, 7) is 0. The number of fused-ring (bicyclic) bond motifs is 1. The summed E-state index contributed by atoms with van der Waals surface area (Å²) in [4.78, 5) is 4.67. The number of aliphatic hydroxyl groups is 1. The molecule has 0 fully saturated rings. The van der Waals surface area contributed by atoms with Gasteiger partial charge in [0.2, 0.25) is 0 Å². The smallest absolute Gasteiger partial charge is 0.304 e. The van der Waals surface area contributed by atoms with Crippen molar-refractivity contribution < 1.29 is 9.94 Å². The van der Waals surface area contributed by atoms with Crippen LogP contribution in [0.15, 0.2) is 30.2 Å². The maximum absolute atomic E-state index is 8.93. The van der Waals surface area contributed by atoms with Crippen LogP contribution < -0.4 is 5.48 Å². The van der Waals surface area contributed by atoms with E-state index in [0.717, 1.165) is 11.3 Å². The van der Waals surface area contributed by atoms with Gasteiger partial charge in [0.05, 0.1) is 5.69 Å². The second-order valence-electron chi connectivity index (χ2n) is 2.27. The fourth-order valence-electron chi connectivity index (χ4n) is 0.986. The molecule has 56 valence electrons. The zero-order valence-electron chi connectivity index (χ0n) is 5.74. The Labute approximate surface area is 63.9 Å². The van der Waals surface area contributed by atoms with E-state index in [-0.39, 0.29) is 5.95 Å². The molecule has 0 aromatic heterocycles. The molecule has 0 spiro atoms. The van der Waals surface area contributed by atoms with Crippen molar-refractivity contribution in [3.63, 3.8) is 0 Å². The quantitative estimate of drug-likeness (QED) is 0.592. The summed E-state index contributed by atoms with van der Waals surface area (Å²) in [5.41, 5.74) is 4.39. The highest BCUT2D eigenvalue weighted by molar-refractivity contribution is 5.67. The molecule has 3 heteroatoms. The summed E-state index contributed by atoms with van der Waals surface area (Å²) in [6, 6.07) is 7.56. The van der Waals surface area contributed by atoms with E-state index in [9.17, 15) is 0 Å². The number of hydrogen-bond acceptors (Lipinski definition) is 3. The number of hydrogen-bond donors (Lipinski definition) is 2. The first-order chi connectivity index (χ1) is 5.36. The largest absolute Gasteiger partial charge is 0.479 e. The van der Waals surface area contributed by atoms with E-state index in [1.807, 2.05) is 24.3 Å². The molecule has 2 N–H and O–H groups in total. The van der Waals surface area contributed by atoms with Gasteiger partial charge in [-0.05, 0) is 6.07 Å². The van der Waals surface area contributed by atoms with Gasteiger partial charge in [0.15, 0.2) is 0 Å². The molecule has 0 unspecified atom stereocenters. The van der Waals surface area contributed by atoms with E-state index in [4.69, 9.17) is 5.11 Å². The fourth-order valence-corrected chi connectivity index (χ4v) is 0.986. The molecule has 1 heterocycles. The van der Waals surface area contributed by atoms with E-state index in [0.29, 0.717) is 0 Å². The SMILES string of the molecule is OC1=Cc2ccccc2NO1. The molecule has 0 aliphatic carbocycles. The highest BCUT2D eigenvalue weighted by Gasteiger charge is 2.07. The Morgan fingerprint density at radius 1 is 1.27 bits per heavy atom. The maximum Gasteiger partial charge on any atom is 0.304 e. The zero-order chi connectivity index (χ0) is 7.68. The van der Waals surface area contributed by atoms with Gasteiger partial charge in [-0.2, -0.15) is 0 Å². The fraction of sp³-hybridized carbons (Fsp3) is 0. The average Bonchev–Trinajstić information content (AvgIpc) is 2.04. The maximum atomic E-state index is 8.93. The van der Waals surface area contributed by atoms with Crippen molar-refractivity contribution in [1.29, 1.82) is 0 Å². The van der Waals surface area contributed by atoms with Crippen molar-refractivity contribution in [3.8, 4) is 0 Å². The van der Waals surface area contributed by atoms with Crippen molar-refractivity contribution >= 4 is 11.8 Å². The molecule has 2 rings (SSSR count). The van der Waals surface area contributed by atoms with Crippen LogP contribution >= 0.6 is 0 Å². The minimum Gasteiger partial charge on any atom is -0.479 e. The van der Waals surface area contributed by atoms with Crippen molar-refractivity contribution in [2.45, 2.75) is 0 Å². The Hall–Kier alpha value is -1.64. The van der Waals surface area contributed by atoms with Gasteiger partial charge in [-0.25, -0.2) is 5.48 Å². The molecule has 0 saturated carbocycles. The summed E-state index contributed by atoms with van der Waals surface area (Å²) in [5.74, 6) is -0.108. The Morgan fingerprint density at radius 2 is 2.09 bits per heavy atom. The number of para-hydroxylation sites is 1. The Balaban J connectivity index is 2.51. The van der Waals surface area contributed by atoms with E-state index in [1.165, 1.54) is 0 Å². The molecule has 0 amide bonds. The van der Waals surface area contributed by atoms with Gasteiger partial charge in [-0.15, -0.1) is 0 Å². The molecule has 1 aromatic carbocycles. The molecule has 0 saturated heterocycles. The highest BCUT2D eigenvalue weighted by atomic mass is 16.7. The number of rotatable bonds is 0. The third-order valence-corrected chi connectivity index (χ3v) is 1.51. The lowest BCUT2D eigenvalue weighted by Crippen LogP contribution is -2.06. The van der Waals surface area contributed by atoms with Crippen LogP contribution in [0.2, 0.25) is 0 Å². The number of nitrogens with one attached hydrogen (secondary N) is 1. The predicted octanol–water partition coefficient (Wildman–Crippen LogP) is 1.90. The van der Waals surface area contributed by atoms with Crippen LogP contribution in [0, 0.1) is 0 Å². The van der Waals surface area contributed by atoms with Gasteiger partial charge in [-0.1, -0.05) is 18.2 Å². The van der Waals surface area contributed by atoms with Crippen LogP contribution in [0.5, 0.6) is 0 Å². The summed E-state index contributed by atoms with van der Waals surface area (Å²) >= 11 is 0. The van der Waals surface area contributed by atoms with E-state index in [1.54, 1.807) is 6.08 Å². The van der Waals surface area contributed by atoms with Crippen molar-refractivity contribution in [2.75, 3.05) is 5.48 Å². The normalized spacial score (nSPS) is 14.0. The Bertz CT molecular complexity index is 307. The van der Waals surface area contributed by atoms with Gasteiger partial charge >= 0.3 is 5.95 Å². The van der Waals surface area contributed by atoms with Gasteiger partial charge in [0.1, 0.15) is 0 Å². The second-order valence-corrected chi connectivity index (χ2v) is 2.27. The minimum atomic E-state index is -0.108. The standard InChI is InChI=1S/C8H7NO2/c10-8-5-6-3-1-2-4-7(6)9-11-8/h1-5,9-10H. The first-order valence-corrected chi connectivity index (χ1v) is 3.29. The van der Waals surface area contributed by atoms with E-state index < -0.39 is 0 Å². The lowest BCUT2D eigenvalue weighted by Gasteiger charge is -2.14. The van der Waals surface area contributed by atoms with E-state index in [2.05, 4.69) is 10.3 Å².